The van der Waals surface area contributed by atoms with Crippen LogP contribution < -0.4 is 16.8 Å². The lowest BCUT2D eigenvalue weighted by molar-refractivity contribution is -0.141. The SMILES string of the molecule is NC(=O)c1cccc(N)c1Nc1ccc(C(F)(F)F)nc1. The van der Waals surface area contributed by atoms with Crippen LogP contribution in [0, 0.1) is 0 Å². The number of amides is 1. The van der Waals surface area contributed by atoms with E-state index in [4.69, 9.17) is 11.5 Å². The molecule has 1 amide bonds. The molecule has 0 bridgehead atoms. The van der Waals surface area contributed by atoms with E-state index in [-0.39, 0.29) is 22.6 Å². The van der Waals surface area contributed by atoms with E-state index < -0.39 is 17.8 Å². The standard InChI is InChI=1S/C13H11F3N4O/c14-13(15,16)10-5-4-7(6-19-10)20-11-8(12(18)21)2-1-3-9(11)17/h1-6,20H,17H2,(H2,18,21). The monoisotopic (exact) mass is 296 g/mol. The van der Waals surface area contributed by atoms with Crippen LogP contribution in [0.1, 0.15) is 16.1 Å². The normalized spacial score (nSPS) is 11.2. The number of benzene rings is 1. The first kappa shape index (κ1) is 14.6. The number of alkyl halides is 3. The van der Waals surface area contributed by atoms with Gasteiger partial charge in [0.2, 0.25) is 0 Å². The average molecular weight is 296 g/mol. The van der Waals surface area contributed by atoms with Gasteiger partial charge in [-0.2, -0.15) is 13.2 Å². The molecule has 0 saturated heterocycles. The largest absolute Gasteiger partial charge is 0.433 e. The first-order chi connectivity index (χ1) is 9.79. The number of aromatic nitrogens is 1. The highest BCUT2D eigenvalue weighted by Gasteiger charge is 2.32. The van der Waals surface area contributed by atoms with Crippen LogP contribution in [-0.2, 0) is 6.18 Å². The Morgan fingerprint density at radius 3 is 2.43 bits per heavy atom. The molecular formula is C13H11F3N4O. The van der Waals surface area contributed by atoms with Gasteiger partial charge in [0.25, 0.3) is 5.91 Å². The maximum atomic E-state index is 12.4. The van der Waals surface area contributed by atoms with Crippen molar-refractivity contribution in [3.8, 4) is 0 Å². The molecule has 0 atom stereocenters. The van der Waals surface area contributed by atoms with Crippen molar-refractivity contribution in [3.05, 3.63) is 47.8 Å². The second-order valence-corrected chi connectivity index (χ2v) is 4.19. The quantitative estimate of drug-likeness (QED) is 0.759. The molecule has 1 aromatic heterocycles. The van der Waals surface area contributed by atoms with Crippen molar-refractivity contribution in [3.63, 3.8) is 0 Å². The number of rotatable bonds is 3. The van der Waals surface area contributed by atoms with Gasteiger partial charge < -0.3 is 16.8 Å². The second kappa shape index (κ2) is 5.31. The number of nitrogens with zero attached hydrogens (tertiary/aromatic N) is 1. The zero-order valence-electron chi connectivity index (χ0n) is 10.6. The molecule has 5 N–H and O–H groups in total. The predicted molar refractivity (Wildman–Crippen MR) is 71.9 cm³/mol. The minimum atomic E-state index is -4.51. The predicted octanol–water partition coefficient (Wildman–Crippen LogP) is 2.53. The van der Waals surface area contributed by atoms with Crippen molar-refractivity contribution < 1.29 is 18.0 Å². The van der Waals surface area contributed by atoms with Gasteiger partial charge in [0.1, 0.15) is 5.69 Å². The number of hydrogen-bond donors (Lipinski definition) is 3. The third kappa shape index (κ3) is 3.22. The Hall–Kier alpha value is -2.77. The molecule has 0 spiro atoms. The van der Waals surface area contributed by atoms with Crippen LogP contribution in [0.15, 0.2) is 36.5 Å². The Bertz CT molecular complexity index is 668. The number of hydrogen-bond acceptors (Lipinski definition) is 4. The molecule has 8 heteroatoms. The van der Waals surface area contributed by atoms with Crippen molar-refractivity contribution in [1.29, 1.82) is 0 Å². The van der Waals surface area contributed by atoms with Crippen molar-refractivity contribution in [2.75, 3.05) is 11.1 Å². The highest BCUT2D eigenvalue weighted by Crippen LogP contribution is 2.30. The fourth-order valence-corrected chi connectivity index (χ4v) is 1.69. The minimum Gasteiger partial charge on any atom is -0.397 e. The third-order valence-corrected chi connectivity index (χ3v) is 2.69. The van der Waals surface area contributed by atoms with Crippen molar-refractivity contribution in [2.45, 2.75) is 6.18 Å². The molecule has 110 valence electrons. The minimum absolute atomic E-state index is 0.134. The van der Waals surface area contributed by atoms with E-state index >= 15 is 0 Å². The van der Waals surface area contributed by atoms with Gasteiger partial charge in [0.05, 0.1) is 28.8 Å². The van der Waals surface area contributed by atoms with Gasteiger partial charge in [-0.15, -0.1) is 0 Å². The molecule has 0 aliphatic carbocycles. The Morgan fingerprint density at radius 1 is 1.19 bits per heavy atom. The number of carbonyl (C=O) groups excluding carboxylic acids is 1. The Kier molecular flexibility index (Phi) is 3.70. The number of carbonyl (C=O) groups is 1. The molecule has 0 aliphatic heterocycles. The Morgan fingerprint density at radius 2 is 1.90 bits per heavy atom. The summed E-state index contributed by atoms with van der Waals surface area (Å²) in [6.45, 7) is 0. The lowest BCUT2D eigenvalue weighted by Gasteiger charge is -2.13. The maximum Gasteiger partial charge on any atom is 0.433 e. The summed E-state index contributed by atoms with van der Waals surface area (Å²) in [5.74, 6) is -0.704. The number of nitrogens with two attached hydrogens (primary N) is 2. The van der Waals surface area contributed by atoms with Crippen LogP contribution in [0.4, 0.5) is 30.2 Å². The highest BCUT2D eigenvalue weighted by molar-refractivity contribution is 6.02. The zero-order chi connectivity index (χ0) is 15.6. The number of halogens is 3. The molecule has 0 fully saturated rings. The van der Waals surface area contributed by atoms with Crippen LogP contribution in [0.3, 0.4) is 0 Å². The topological polar surface area (TPSA) is 94.0 Å². The summed E-state index contributed by atoms with van der Waals surface area (Å²) in [4.78, 5) is 14.6. The molecule has 0 radical (unpaired) electrons. The first-order valence-electron chi connectivity index (χ1n) is 5.77. The van der Waals surface area contributed by atoms with Gasteiger partial charge in [0.15, 0.2) is 0 Å². The Balaban J connectivity index is 2.33. The van der Waals surface area contributed by atoms with Gasteiger partial charge in [-0.3, -0.25) is 4.79 Å². The fourth-order valence-electron chi connectivity index (χ4n) is 1.69. The van der Waals surface area contributed by atoms with Crippen molar-refractivity contribution in [2.24, 2.45) is 5.73 Å². The summed E-state index contributed by atoms with van der Waals surface area (Å²) in [7, 11) is 0. The van der Waals surface area contributed by atoms with E-state index in [0.717, 1.165) is 12.3 Å². The van der Waals surface area contributed by atoms with Gasteiger partial charge in [-0.1, -0.05) is 6.07 Å². The van der Waals surface area contributed by atoms with Crippen molar-refractivity contribution in [1.82, 2.24) is 4.98 Å². The van der Waals surface area contributed by atoms with Gasteiger partial charge in [-0.05, 0) is 24.3 Å². The van der Waals surface area contributed by atoms with Crippen LogP contribution in [0.5, 0.6) is 0 Å². The van der Waals surface area contributed by atoms with E-state index in [1.807, 2.05) is 0 Å². The molecule has 21 heavy (non-hydrogen) atoms. The van der Waals surface area contributed by atoms with Crippen molar-refractivity contribution >= 4 is 23.0 Å². The number of nitrogen functional groups attached to an aromatic ring is 1. The highest BCUT2D eigenvalue weighted by atomic mass is 19.4. The smallest absolute Gasteiger partial charge is 0.397 e. The number of nitrogens with one attached hydrogen (secondary N) is 1. The van der Waals surface area contributed by atoms with E-state index in [2.05, 4.69) is 10.3 Å². The van der Waals surface area contributed by atoms with E-state index in [1.54, 1.807) is 6.07 Å². The first-order valence-corrected chi connectivity index (χ1v) is 5.77. The molecule has 1 heterocycles. The van der Waals surface area contributed by atoms with Gasteiger partial charge >= 0.3 is 6.18 Å². The number of pyridine rings is 1. The molecule has 0 saturated carbocycles. The zero-order valence-corrected chi connectivity index (χ0v) is 10.6. The Labute approximate surface area is 117 Å². The summed E-state index contributed by atoms with van der Waals surface area (Å²) in [6, 6.07) is 6.55. The average Bonchev–Trinajstić information content (AvgIpc) is 2.40. The molecule has 0 aliphatic rings. The number of para-hydroxylation sites is 1. The molecule has 2 aromatic rings. The number of primary amides is 1. The number of anilines is 3. The van der Waals surface area contributed by atoms with Crippen LogP contribution in [0.25, 0.3) is 0 Å². The van der Waals surface area contributed by atoms with E-state index in [1.165, 1.54) is 18.2 Å². The summed E-state index contributed by atoms with van der Waals surface area (Å²) in [5, 5.41) is 2.75. The second-order valence-electron chi connectivity index (χ2n) is 4.19. The molecule has 2 rings (SSSR count). The van der Waals surface area contributed by atoms with E-state index in [0.29, 0.717) is 0 Å². The molecular weight excluding hydrogens is 285 g/mol. The lowest BCUT2D eigenvalue weighted by atomic mass is 10.1. The molecule has 5 nitrogen and oxygen atoms in total. The fraction of sp³-hybridized carbons (Fsp3) is 0.0769. The lowest BCUT2D eigenvalue weighted by Crippen LogP contribution is -2.14. The summed E-state index contributed by atoms with van der Waals surface area (Å²) < 4.78 is 37.2. The summed E-state index contributed by atoms with van der Waals surface area (Å²) in [6.07, 6.45) is -3.51. The summed E-state index contributed by atoms with van der Waals surface area (Å²) in [5.41, 5.74) is 10.8. The van der Waals surface area contributed by atoms with Crippen LogP contribution >= 0.6 is 0 Å². The molecule has 0 unspecified atom stereocenters. The summed E-state index contributed by atoms with van der Waals surface area (Å²) >= 11 is 0. The third-order valence-electron chi connectivity index (χ3n) is 2.69. The van der Waals surface area contributed by atoms with Crippen LogP contribution in [0.2, 0.25) is 0 Å². The van der Waals surface area contributed by atoms with Gasteiger partial charge in [-0.25, -0.2) is 4.98 Å². The maximum absolute atomic E-state index is 12.4. The molecule has 1 aromatic carbocycles. The van der Waals surface area contributed by atoms with E-state index in [9.17, 15) is 18.0 Å². The van der Waals surface area contributed by atoms with Crippen LogP contribution in [-0.4, -0.2) is 10.9 Å². The van der Waals surface area contributed by atoms with Gasteiger partial charge in [0, 0.05) is 0 Å².